The van der Waals surface area contributed by atoms with Gasteiger partial charge in [0.1, 0.15) is 22.0 Å². The fraction of sp³-hybridized carbons (Fsp3) is 0.375. The number of carbonyl (C=O) groups is 1. The number of nitrogens with zero attached hydrogens (tertiary/aromatic N) is 1. The largest absolute Gasteiger partial charge is 0.497 e. The molecular formula is C16H19N3O3S. The number of anilines is 1. The first-order valence-electron chi connectivity index (χ1n) is 7.27. The summed E-state index contributed by atoms with van der Waals surface area (Å²) in [5, 5.41) is 3.43. The van der Waals surface area contributed by atoms with Crippen LogP contribution in [-0.2, 0) is 0 Å². The van der Waals surface area contributed by atoms with Crippen molar-refractivity contribution in [3.8, 4) is 11.5 Å². The summed E-state index contributed by atoms with van der Waals surface area (Å²) in [7, 11) is 1.61. The summed E-state index contributed by atoms with van der Waals surface area (Å²) in [6, 6.07) is 5.46. The zero-order valence-electron chi connectivity index (χ0n) is 13.3. The minimum Gasteiger partial charge on any atom is -0.497 e. The van der Waals surface area contributed by atoms with Crippen molar-refractivity contribution in [2.24, 2.45) is 0 Å². The quantitative estimate of drug-likeness (QED) is 0.902. The van der Waals surface area contributed by atoms with Crippen LogP contribution in [0.2, 0.25) is 0 Å². The minimum absolute atomic E-state index is 0.167. The summed E-state index contributed by atoms with van der Waals surface area (Å²) >= 11 is 1.17. The highest BCUT2D eigenvalue weighted by molar-refractivity contribution is 7.17. The number of ether oxygens (including phenoxy) is 2. The molecule has 0 saturated carbocycles. The molecule has 0 saturated heterocycles. The first-order chi connectivity index (χ1) is 10.9. The Morgan fingerprint density at radius 1 is 1.52 bits per heavy atom. The van der Waals surface area contributed by atoms with Crippen molar-refractivity contribution < 1.29 is 14.3 Å². The summed E-state index contributed by atoms with van der Waals surface area (Å²) in [6.45, 7) is 4.01. The second-order valence-electron chi connectivity index (χ2n) is 6.06. The number of carbonyl (C=O) groups excluding carboxylic acids is 1. The van der Waals surface area contributed by atoms with Crippen LogP contribution >= 0.6 is 11.3 Å². The number of rotatable bonds is 3. The number of benzene rings is 1. The molecule has 0 bridgehead atoms. The van der Waals surface area contributed by atoms with Crippen molar-refractivity contribution in [1.29, 1.82) is 0 Å². The number of nitrogens with two attached hydrogens (primary N) is 1. The lowest BCUT2D eigenvalue weighted by Gasteiger charge is -2.38. The van der Waals surface area contributed by atoms with E-state index in [2.05, 4.69) is 10.3 Å². The van der Waals surface area contributed by atoms with Crippen molar-refractivity contribution in [3.05, 3.63) is 34.8 Å². The van der Waals surface area contributed by atoms with Crippen molar-refractivity contribution in [2.45, 2.75) is 31.9 Å². The maximum Gasteiger partial charge on any atom is 0.263 e. The van der Waals surface area contributed by atoms with Crippen molar-refractivity contribution in [2.75, 3.05) is 12.8 Å². The molecule has 3 N–H and O–H groups in total. The van der Waals surface area contributed by atoms with Gasteiger partial charge in [-0.05, 0) is 32.0 Å². The Morgan fingerprint density at radius 2 is 2.30 bits per heavy atom. The first kappa shape index (κ1) is 15.6. The lowest BCUT2D eigenvalue weighted by molar-refractivity contribution is 0.0619. The summed E-state index contributed by atoms with van der Waals surface area (Å²) in [4.78, 5) is 16.9. The van der Waals surface area contributed by atoms with Crippen LogP contribution in [0.15, 0.2) is 24.4 Å². The molecule has 1 aromatic heterocycles. The van der Waals surface area contributed by atoms with E-state index in [0.717, 1.165) is 17.1 Å². The molecule has 23 heavy (non-hydrogen) atoms. The molecule has 122 valence electrons. The first-order valence-corrected chi connectivity index (χ1v) is 8.09. The Balaban J connectivity index is 1.90. The molecule has 2 aromatic rings. The predicted molar refractivity (Wildman–Crippen MR) is 89.1 cm³/mol. The van der Waals surface area contributed by atoms with E-state index >= 15 is 0 Å². The van der Waals surface area contributed by atoms with Crippen LogP contribution in [0.25, 0.3) is 0 Å². The molecule has 1 atom stereocenters. The molecule has 0 fully saturated rings. The van der Waals surface area contributed by atoms with E-state index in [1.165, 1.54) is 17.5 Å². The summed E-state index contributed by atoms with van der Waals surface area (Å²) in [5.41, 5.74) is 6.14. The molecule has 7 heteroatoms. The third kappa shape index (κ3) is 3.24. The van der Waals surface area contributed by atoms with Crippen LogP contribution in [0.3, 0.4) is 0 Å². The van der Waals surface area contributed by atoms with Gasteiger partial charge in [-0.15, -0.1) is 0 Å². The average Bonchev–Trinajstić information content (AvgIpc) is 2.92. The summed E-state index contributed by atoms with van der Waals surface area (Å²) in [5.74, 6) is 1.31. The molecular weight excluding hydrogens is 314 g/mol. The van der Waals surface area contributed by atoms with Gasteiger partial charge >= 0.3 is 0 Å². The molecule has 2 heterocycles. The fourth-order valence-corrected chi connectivity index (χ4v) is 3.30. The lowest BCUT2D eigenvalue weighted by atomic mass is 9.89. The van der Waals surface area contributed by atoms with Gasteiger partial charge in [0.2, 0.25) is 0 Å². The van der Waals surface area contributed by atoms with Gasteiger partial charge in [0.05, 0.1) is 19.3 Å². The number of thiazole rings is 1. The van der Waals surface area contributed by atoms with Gasteiger partial charge in [0.15, 0.2) is 5.13 Å². The molecule has 6 nitrogen and oxygen atoms in total. The standard InChI is InChI=1S/C16H19N3O3S/c1-16(2)7-11(19-14(20)13-8-18-15(17)23-13)10-6-9(21-3)4-5-12(10)22-16/h4-6,8,11H,7H2,1-3H3,(H2,17,18)(H,19,20)/t11-/m1/s1. The zero-order chi connectivity index (χ0) is 16.6. The molecule has 1 aromatic carbocycles. The molecule has 0 radical (unpaired) electrons. The summed E-state index contributed by atoms with van der Waals surface area (Å²) < 4.78 is 11.3. The van der Waals surface area contributed by atoms with Crippen molar-refractivity contribution in [3.63, 3.8) is 0 Å². The Hall–Kier alpha value is -2.28. The Bertz CT molecular complexity index is 742. The minimum atomic E-state index is -0.369. The van der Waals surface area contributed by atoms with Crippen molar-refractivity contribution >= 4 is 22.4 Å². The van der Waals surface area contributed by atoms with Gasteiger partial charge in [-0.25, -0.2) is 4.98 Å². The molecule has 0 unspecified atom stereocenters. The normalized spacial score (nSPS) is 18.7. The number of nitrogens with one attached hydrogen (secondary N) is 1. The second-order valence-corrected chi connectivity index (χ2v) is 7.12. The number of aromatic nitrogens is 1. The maximum atomic E-state index is 12.4. The maximum absolute atomic E-state index is 12.4. The number of methoxy groups -OCH3 is 1. The van der Waals surface area contributed by atoms with Gasteiger partial charge in [-0.3, -0.25) is 4.79 Å². The van der Waals surface area contributed by atoms with Crippen LogP contribution in [-0.4, -0.2) is 23.6 Å². The summed E-state index contributed by atoms with van der Waals surface area (Å²) in [6.07, 6.45) is 2.15. The van der Waals surface area contributed by atoms with E-state index in [4.69, 9.17) is 15.2 Å². The third-order valence-electron chi connectivity index (χ3n) is 3.73. The van der Waals surface area contributed by atoms with Crippen LogP contribution < -0.4 is 20.5 Å². The topological polar surface area (TPSA) is 86.5 Å². The van der Waals surface area contributed by atoms with Gasteiger partial charge in [0.25, 0.3) is 5.91 Å². The monoisotopic (exact) mass is 333 g/mol. The highest BCUT2D eigenvalue weighted by Crippen LogP contribution is 2.41. The van der Waals surface area contributed by atoms with Gasteiger partial charge < -0.3 is 20.5 Å². The van der Waals surface area contributed by atoms with Crippen LogP contribution in [0, 0.1) is 0 Å². The van der Waals surface area contributed by atoms with Gasteiger partial charge in [-0.2, -0.15) is 0 Å². The van der Waals surface area contributed by atoms with E-state index in [-0.39, 0.29) is 17.6 Å². The van der Waals surface area contributed by atoms with E-state index < -0.39 is 0 Å². The SMILES string of the molecule is COc1ccc2c(c1)[C@H](NC(=O)c1cnc(N)s1)CC(C)(C)O2. The predicted octanol–water partition coefficient (Wildman–Crippen LogP) is 2.77. The highest BCUT2D eigenvalue weighted by atomic mass is 32.1. The van der Waals surface area contributed by atoms with E-state index in [1.807, 2.05) is 32.0 Å². The smallest absolute Gasteiger partial charge is 0.263 e. The molecule has 1 aliphatic rings. The van der Waals surface area contributed by atoms with Crippen molar-refractivity contribution in [1.82, 2.24) is 10.3 Å². The van der Waals surface area contributed by atoms with E-state index in [9.17, 15) is 4.79 Å². The number of hydrogen-bond acceptors (Lipinski definition) is 6. The van der Waals surface area contributed by atoms with Gasteiger partial charge in [-0.1, -0.05) is 11.3 Å². The molecule has 1 amide bonds. The number of hydrogen-bond donors (Lipinski definition) is 2. The Kier molecular flexibility index (Phi) is 3.89. The fourth-order valence-electron chi connectivity index (χ4n) is 2.71. The van der Waals surface area contributed by atoms with Crippen LogP contribution in [0.4, 0.5) is 5.13 Å². The second kappa shape index (κ2) is 5.73. The average molecular weight is 333 g/mol. The molecule has 0 aliphatic carbocycles. The number of amides is 1. The lowest BCUT2D eigenvalue weighted by Crippen LogP contribution is -2.41. The third-order valence-corrected chi connectivity index (χ3v) is 4.55. The zero-order valence-corrected chi connectivity index (χ0v) is 14.1. The number of fused-ring (bicyclic) bond motifs is 1. The van der Waals surface area contributed by atoms with E-state index in [1.54, 1.807) is 7.11 Å². The van der Waals surface area contributed by atoms with Crippen LogP contribution in [0.1, 0.15) is 41.5 Å². The number of nitrogen functional groups attached to an aromatic ring is 1. The van der Waals surface area contributed by atoms with Crippen LogP contribution in [0.5, 0.6) is 11.5 Å². The van der Waals surface area contributed by atoms with Gasteiger partial charge in [0, 0.05) is 12.0 Å². The van der Waals surface area contributed by atoms with E-state index in [0.29, 0.717) is 16.4 Å². The molecule has 3 rings (SSSR count). The molecule has 0 spiro atoms. The highest BCUT2D eigenvalue weighted by Gasteiger charge is 2.35. The Labute approximate surface area is 138 Å². The Morgan fingerprint density at radius 3 is 2.96 bits per heavy atom. The molecule has 1 aliphatic heterocycles.